The summed E-state index contributed by atoms with van der Waals surface area (Å²) in [5, 5.41) is 3.38. The van der Waals surface area contributed by atoms with Crippen LogP contribution in [0, 0.1) is 11.3 Å². The van der Waals surface area contributed by atoms with E-state index >= 15 is 0 Å². The molecule has 1 saturated heterocycles. The molecule has 2 fully saturated rings. The lowest BCUT2D eigenvalue weighted by atomic mass is 9.57. The first-order chi connectivity index (χ1) is 8.19. The minimum Gasteiger partial charge on any atom is -0.317 e. The number of nitrogens with zero attached hydrogens (tertiary/aromatic N) is 1. The minimum absolute atomic E-state index is 0.138. The van der Waals surface area contributed by atoms with Crippen LogP contribution >= 0.6 is 0 Å². The molecular formula is C13H18N2O2. The van der Waals surface area contributed by atoms with E-state index in [0.29, 0.717) is 17.9 Å². The van der Waals surface area contributed by atoms with Crippen LogP contribution in [0.4, 0.5) is 0 Å². The summed E-state index contributed by atoms with van der Waals surface area (Å²) >= 11 is 0. The van der Waals surface area contributed by atoms with E-state index in [-0.39, 0.29) is 11.8 Å². The molecule has 3 rings (SSSR count). The fourth-order valence-corrected chi connectivity index (χ4v) is 3.53. The molecule has 4 heteroatoms. The molecule has 17 heavy (non-hydrogen) atoms. The number of rotatable bonds is 2. The van der Waals surface area contributed by atoms with Gasteiger partial charge in [0.2, 0.25) is 0 Å². The molecule has 0 radical (unpaired) electrons. The number of nitrogens with one attached hydrogen (secondary N) is 1. The quantitative estimate of drug-likeness (QED) is 0.715. The lowest BCUT2D eigenvalue weighted by Gasteiger charge is -2.51. The number of carbonyl (C=O) groups is 2. The number of carbonyl (C=O) groups excluding carboxylic acids is 2. The largest absolute Gasteiger partial charge is 0.317 e. The molecule has 0 unspecified atom stereocenters. The van der Waals surface area contributed by atoms with E-state index < -0.39 is 0 Å². The van der Waals surface area contributed by atoms with Crippen molar-refractivity contribution >= 4 is 11.8 Å². The molecule has 2 amide bonds. The van der Waals surface area contributed by atoms with Crippen molar-refractivity contribution in [2.45, 2.75) is 25.7 Å². The van der Waals surface area contributed by atoms with E-state index in [0.717, 1.165) is 13.1 Å². The zero-order valence-corrected chi connectivity index (χ0v) is 9.95. The van der Waals surface area contributed by atoms with Crippen LogP contribution in [0.2, 0.25) is 0 Å². The van der Waals surface area contributed by atoms with Gasteiger partial charge in [-0.25, -0.2) is 0 Å². The predicted octanol–water partition coefficient (Wildman–Crippen LogP) is 0.691. The summed E-state index contributed by atoms with van der Waals surface area (Å²) in [5.41, 5.74) is 0.523. The maximum atomic E-state index is 11.4. The Morgan fingerprint density at radius 2 is 1.76 bits per heavy atom. The molecule has 0 aromatic rings. The molecule has 1 spiro atoms. The first kappa shape index (κ1) is 11.0. The zero-order chi connectivity index (χ0) is 11.9. The Labute approximate surface area is 101 Å². The lowest BCUT2D eigenvalue weighted by molar-refractivity contribution is -0.139. The Bertz CT molecular complexity index is 357. The van der Waals surface area contributed by atoms with Gasteiger partial charge in [-0.15, -0.1) is 0 Å². The molecular weight excluding hydrogens is 216 g/mol. The molecule has 1 aliphatic carbocycles. The molecule has 2 heterocycles. The number of imide groups is 1. The van der Waals surface area contributed by atoms with Gasteiger partial charge in [-0.1, -0.05) is 0 Å². The standard InChI is InChI=1S/C13H18N2O2/c16-11-1-2-12(17)15(11)9-10-7-13(8-10)3-5-14-6-4-13/h1-2,10,14H,3-9H2. The van der Waals surface area contributed by atoms with E-state index in [9.17, 15) is 9.59 Å². The Hall–Kier alpha value is -1.16. The van der Waals surface area contributed by atoms with Crippen LogP contribution in [0.25, 0.3) is 0 Å². The van der Waals surface area contributed by atoms with E-state index in [1.54, 1.807) is 0 Å². The summed E-state index contributed by atoms with van der Waals surface area (Å²) in [6, 6.07) is 0. The highest BCUT2D eigenvalue weighted by Crippen LogP contribution is 2.51. The number of amides is 2. The number of hydrogen-bond acceptors (Lipinski definition) is 3. The van der Waals surface area contributed by atoms with Gasteiger partial charge in [0.05, 0.1) is 0 Å². The van der Waals surface area contributed by atoms with E-state index in [1.165, 1.54) is 42.7 Å². The van der Waals surface area contributed by atoms with Gasteiger partial charge in [-0.2, -0.15) is 0 Å². The van der Waals surface area contributed by atoms with Crippen molar-refractivity contribution in [3.05, 3.63) is 12.2 Å². The first-order valence-corrected chi connectivity index (χ1v) is 6.43. The topological polar surface area (TPSA) is 49.4 Å². The molecule has 0 aromatic heterocycles. The maximum Gasteiger partial charge on any atom is 0.253 e. The number of piperidine rings is 1. The van der Waals surface area contributed by atoms with Crippen molar-refractivity contribution < 1.29 is 9.59 Å². The lowest BCUT2D eigenvalue weighted by Crippen LogP contribution is -2.49. The van der Waals surface area contributed by atoms with Gasteiger partial charge in [0, 0.05) is 18.7 Å². The molecule has 2 aliphatic heterocycles. The number of hydrogen-bond donors (Lipinski definition) is 1. The molecule has 1 saturated carbocycles. The van der Waals surface area contributed by atoms with Crippen LogP contribution < -0.4 is 5.32 Å². The van der Waals surface area contributed by atoms with Gasteiger partial charge in [0.1, 0.15) is 0 Å². The second-order valence-corrected chi connectivity index (χ2v) is 5.64. The Morgan fingerprint density at radius 1 is 1.18 bits per heavy atom. The summed E-state index contributed by atoms with van der Waals surface area (Å²) in [4.78, 5) is 24.3. The van der Waals surface area contributed by atoms with Crippen molar-refractivity contribution in [3.63, 3.8) is 0 Å². The highest BCUT2D eigenvalue weighted by Gasteiger charge is 2.45. The van der Waals surface area contributed by atoms with Gasteiger partial charge in [0.25, 0.3) is 11.8 Å². The molecule has 0 bridgehead atoms. The average Bonchev–Trinajstić information content (AvgIpc) is 2.60. The van der Waals surface area contributed by atoms with Crippen LogP contribution in [0.3, 0.4) is 0 Å². The third-order valence-electron chi connectivity index (χ3n) is 4.45. The van der Waals surface area contributed by atoms with E-state index in [2.05, 4.69) is 5.32 Å². The van der Waals surface area contributed by atoms with E-state index in [4.69, 9.17) is 0 Å². The third kappa shape index (κ3) is 1.90. The smallest absolute Gasteiger partial charge is 0.253 e. The molecule has 3 aliphatic rings. The summed E-state index contributed by atoms with van der Waals surface area (Å²) in [5.74, 6) is 0.253. The van der Waals surface area contributed by atoms with Gasteiger partial charge in [0.15, 0.2) is 0 Å². The Kier molecular flexibility index (Phi) is 2.54. The van der Waals surface area contributed by atoms with Crippen molar-refractivity contribution in [1.82, 2.24) is 10.2 Å². The molecule has 4 nitrogen and oxygen atoms in total. The summed E-state index contributed by atoms with van der Waals surface area (Å²) in [6.07, 6.45) is 7.63. The van der Waals surface area contributed by atoms with Crippen LogP contribution in [0.5, 0.6) is 0 Å². The average molecular weight is 234 g/mol. The van der Waals surface area contributed by atoms with Crippen LogP contribution in [-0.4, -0.2) is 36.3 Å². The minimum atomic E-state index is -0.138. The maximum absolute atomic E-state index is 11.4. The summed E-state index contributed by atoms with van der Waals surface area (Å²) < 4.78 is 0. The van der Waals surface area contributed by atoms with Crippen LogP contribution in [-0.2, 0) is 9.59 Å². The monoisotopic (exact) mass is 234 g/mol. The fraction of sp³-hybridized carbons (Fsp3) is 0.692. The SMILES string of the molecule is O=C1C=CC(=O)N1CC1CC2(CCNCC2)C1. The Balaban J connectivity index is 1.53. The van der Waals surface area contributed by atoms with Gasteiger partial charge in [-0.05, 0) is 50.1 Å². The molecule has 0 aromatic carbocycles. The molecule has 0 atom stereocenters. The van der Waals surface area contributed by atoms with Crippen molar-refractivity contribution in [2.24, 2.45) is 11.3 Å². The molecule has 1 N–H and O–H groups in total. The zero-order valence-electron chi connectivity index (χ0n) is 9.95. The second-order valence-electron chi connectivity index (χ2n) is 5.64. The van der Waals surface area contributed by atoms with Gasteiger partial charge >= 0.3 is 0 Å². The van der Waals surface area contributed by atoms with Gasteiger partial charge < -0.3 is 5.32 Å². The van der Waals surface area contributed by atoms with Crippen molar-refractivity contribution in [2.75, 3.05) is 19.6 Å². The fourth-order valence-electron chi connectivity index (χ4n) is 3.53. The summed E-state index contributed by atoms with van der Waals surface area (Å²) in [6.45, 7) is 2.87. The Morgan fingerprint density at radius 3 is 2.35 bits per heavy atom. The highest BCUT2D eigenvalue weighted by molar-refractivity contribution is 6.12. The van der Waals surface area contributed by atoms with Crippen LogP contribution in [0.15, 0.2) is 12.2 Å². The van der Waals surface area contributed by atoms with Gasteiger partial charge in [-0.3, -0.25) is 14.5 Å². The predicted molar refractivity (Wildman–Crippen MR) is 63.1 cm³/mol. The van der Waals surface area contributed by atoms with Crippen molar-refractivity contribution in [3.8, 4) is 0 Å². The normalized spacial score (nSPS) is 27.9. The van der Waals surface area contributed by atoms with E-state index in [1.807, 2.05) is 0 Å². The second kappa shape index (κ2) is 3.95. The highest BCUT2D eigenvalue weighted by atomic mass is 16.2. The first-order valence-electron chi connectivity index (χ1n) is 6.43. The third-order valence-corrected chi connectivity index (χ3v) is 4.45. The molecule has 92 valence electrons. The summed E-state index contributed by atoms with van der Waals surface area (Å²) in [7, 11) is 0. The van der Waals surface area contributed by atoms with Crippen LogP contribution in [0.1, 0.15) is 25.7 Å². The van der Waals surface area contributed by atoms with Crippen molar-refractivity contribution in [1.29, 1.82) is 0 Å².